The molecule has 0 radical (unpaired) electrons. The maximum Gasteiger partial charge on any atom is 0.405 e. The maximum atomic E-state index is 13.8. The predicted octanol–water partition coefficient (Wildman–Crippen LogP) is 2.21. The molecule has 0 heterocycles. The van der Waals surface area contributed by atoms with Crippen molar-refractivity contribution in [3.05, 3.63) is 29.6 Å². The molecule has 0 fully saturated rings. The number of halogens is 4. The van der Waals surface area contributed by atoms with Crippen LogP contribution in [-0.2, 0) is 0 Å². The van der Waals surface area contributed by atoms with E-state index < -0.39 is 31.2 Å². The van der Waals surface area contributed by atoms with Crippen LogP contribution in [0.2, 0.25) is 0 Å². The fourth-order valence-electron chi connectivity index (χ4n) is 1.68. The quantitative estimate of drug-likeness (QED) is 0.813. The fourth-order valence-corrected chi connectivity index (χ4v) is 1.68. The number of hydrogen-bond donors (Lipinski definition) is 2. The molecule has 7 heteroatoms. The van der Waals surface area contributed by atoms with Gasteiger partial charge >= 0.3 is 6.18 Å². The summed E-state index contributed by atoms with van der Waals surface area (Å²) in [5.74, 6) is -0.785. The summed E-state index contributed by atoms with van der Waals surface area (Å²) in [5, 5.41) is 8.78. The number of hydrogen-bond acceptors (Lipinski definition) is 3. The van der Waals surface area contributed by atoms with Crippen LogP contribution >= 0.6 is 0 Å². The summed E-state index contributed by atoms with van der Waals surface area (Å²) in [6, 6.07) is 3.43. The van der Waals surface area contributed by atoms with E-state index in [4.69, 9.17) is 10.8 Å². The Kier molecular flexibility index (Phi) is 5.13. The zero-order valence-corrected chi connectivity index (χ0v) is 10.4. The van der Waals surface area contributed by atoms with E-state index in [2.05, 4.69) is 0 Å². The number of nitrogens with zero attached hydrogens (tertiary/aromatic N) is 1. The molecule has 0 bridgehead atoms. The van der Waals surface area contributed by atoms with Gasteiger partial charge in [-0.25, -0.2) is 4.39 Å². The van der Waals surface area contributed by atoms with E-state index in [0.29, 0.717) is 5.56 Å². The van der Waals surface area contributed by atoms with Gasteiger partial charge in [0.25, 0.3) is 0 Å². The molecule has 0 aliphatic heterocycles. The molecule has 3 N–H and O–H groups in total. The average molecular weight is 280 g/mol. The van der Waals surface area contributed by atoms with Crippen LogP contribution in [0.4, 0.5) is 23.2 Å². The van der Waals surface area contributed by atoms with Crippen molar-refractivity contribution in [1.82, 2.24) is 0 Å². The molecule has 0 saturated carbocycles. The summed E-state index contributed by atoms with van der Waals surface area (Å²) in [6.07, 6.45) is -4.47. The normalized spacial score (nSPS) is 13.4. The van der Waals surface area contributed by atoms with Gasteiger partial charge in [0.2, 0.25) is 0 Å². The van der Waals surface area contributed by atoms with Gasteiger partial charge in [-0.2, -0.15) is 13.2 Å². The smallest absolute Gasteiger partial charge is 0.395 e. The first-order valence-electron chi connectivity index (χ1n) is 5.72. The molecule has 0 amide bonds. The SMILES string of the molecule is C[C@H](N)c1ccc(N(CCO)CC(F)(F)F)c(F)c1. The summed E-state index contributed by atoms with van der Waals surface area (Å²) in [4.78, 5) is 0.750. The summed E-state index contributed by atoms with van der Waals surface area (Å²) in [5.41, 5.74) is 5.87. The number of anilines is 1. The van der Waals surface area contributed by atoms with Crippen molar-refractivity contribution in [1.29, 1.82) is 0 Å². The van der Waals surface area contributed by atoms with E-state index in [1.807, 2.05) is 0 Å². The Morgan fingerprint density at radius 2 is 2.00 bits per heavy atom. The second-order valence-corrected chi connectivity index (χ2v) is 4.26. The highest BCUT2D eigenvalue weighted by Crippen LogP contribution is 2.26. The zero-order valence-electron chi connectivity index (χ0n) is 10.4. The molecular formula is C12H16F4N2O. The van der Waals surface area contributed by atoms with E-state index in [1.165, 1.54) is 12.1 Å². The molecule has 1 aromatic rings. The van der Waals surface area contributed by atoms with Gasteiger partial charge in [-0.05, 0) is 24.6 Å². The minimum absolute atomic E-state index is 0.198. The molecule has 0 saturated heterocycles. The Morgan fingerprint density at radius 3 is 2.42 bits per heavy atom. The van der Waals surface area contributed by atoms with E-state index >= 15 is 0 Å². The molecule has 0 unspecified atom stereocenters. The Balaban J connectivity index is 3.02. The van der Waals surface area contributed by atoms with Crippen molar-refractivity contribution in [2.45, 2.75) is 19.1 Å². The Hall–Kier alpha value is -1.34. The lowest BCUT2D eigenvalue weighted by molar-refractivity contribution is -0.119. The highest BCUT2D eigenvalue weighted by molar-refractivity contribution is 5.49. The van der Waals surface area contributed by atoms with Crippen molar-refractivity contribution in [3.8, 4) is 0 Å². The molecule has 0 aliphatic rings. The largest absolute Gasteiger partial charge is 0.405 e. The predicted molar refractivity (Wildman–Crippen MR) is 64.4 cm³/mol. The van der Waals surface area contributed by atoms with Crippen LogP contribution in [0.1, 0.15) is 18.5 Å². The first kappa shape index (κ1) is 15.7. The molecule has 19 heavy (non-hydrogen) atoms. The first-order valence-corrected chi connectivity index (χ1v) is 5.72. The summed E-state index contributed by atoms with van der Waals surface area (Å²) < 4.78 is 51.0. The summed E-state index contributed by atoms with van der Waals surface area (Å²) in [7, 11) is 0. The van der Waals surface area contributed by atoms with Gasteiger partial charge in [0, 0.05) is 12.6 Å². The second-order valence-electron chi connectivity index (χ2n) is 4.26. The summed E-state index contributed by atoms with van der Waals surface area (Å²) >= 11 is 0. The molecular weight excluding hydrogens is 264 g/mol. The average Bonchev–Trinajstić information content (AvgIpc) is 2.26. The van der Waals surface area contributed by atoms with E-state index in [0.717, 1.165) is 11.0 Å². The van der Waals surface area contributed by atoms with E-state index in [-0.39, 0.29) is 12.2 Å². The first-order chi connectivity index (χ1) is 8.74. The van der Waals surface area contributed by atoms with Crippen LogP contribution in [0.15, 0.2) is 18.2 Å². The van der Waals surface area contributed by atoms with Crippen LogP contribution in [0.5, 0.6) is 0 Å². The molecule has 3 nitrogen and oxygen atoms in total. The van der Waals surface area contributed by atoms with Gasteiger partial charge in [0.05, 0.1) is 12.3 Å². The van der Waals surface area contributed by atoms with E-state index in [9.17, 15) is 17.6 Å². The van der Waals surface area contributed by atoms with Crippen molar-refractivity contribution in [2.24, 2.45) is 5.73 Å². The van der Waals surface area contributed by atoms with Crippen LogP contribution in [-0.4, -0.2) is 31.0 Å². The third-order valence-corrected chi connectivity index (χ3v) is 2.58. The molecule has 0 aromatic heterocycles. The number of alkyl halides is 3. The Morgan fingerprint density at radius 1 is 1.37 bits per heavy atom. The lowest BCUT2D eigenvalue weighted by Gasteiger charge is -2.26. The highest BCUT2D eigenvalue weighted by Gasteiger charge is 2.31. The maximum absolute atomic E-state index is 13.8. The van der Waals surface area contributed by atoms with E-state index in [1.54, 1.807) is 6.92 Å². The van der Waals surface area contributed by atoms with Crippen molar-refractivity contribution >= 4 is 5.69 Å². The van der Waals surface area contributed by atoms with Crippen molar-refractivity contribution in [3.63, 3.8) is 0 Å². The topological polar surface area (TPSA) is 49.5 Å². The fraction of sp³-hybridized carbons (Fsp3) is 0.500. The van der Waals surface area contributed by atoms with Gasteiger partial charge in [-0.3, -0.25) is 0 Å². The van der Waals surface area contributed by atoms with Crippen LogP contribution in [0.25, 0.3) is 0 Å². The molecule has 1 aromatic carbocycles. The summed E-state index contributed by atoms with van der Waals surface area (Å²) in [6.45, 7) is -0.462. The van der Waals surface area contributed by atoms with Crippen LogP contribution < -0.4 is 10.6 Å². The highest BCUT2D eigenvalue weighted by atomic mass is 19.4. The van der Waals surface area contributed by atoms with Gasteiger partial charge < -0.3 is 15.7 Å². The van der Waals surface area contributed by atoms with Crippen LogP contribution in [0.3, 0.4) is 0 Å². The van der Waals surface area contributed by atoms with Crippen molar-refractivity contribution < 1.29 is 22.7 Å². The van der Waals surface area contributed by atoms with Gasteiger partial charge in [-0.15, -0.1) is 0 Å². The Labute approximate surface area is 108 Å². The number of aliphatic hydroxyl groups excluding tert-OH is 1. The molecule has 1 atom stereocenters. The molecule has 1 rings (SSSR count). The lowest BCUT2D eigenvalue weighted by Crippen LogP contribution is -2.36. The zero-order chi connectivity index (χ0) is 14.6. The Bertz CT molecular complexity index is 421. The second kappa shape index (κ2) is 6.21. The third kappa shape index (κ3) is 4.68. The van der Waals surface area contributed by atoms with Gasteiger partial charge in [-0.1, -0.05) is 6.07 Å². The third-order valence-electron chi connectivity index (χ3n) is 2.58. The molecule has 108 valence electrons. The minimum Gasteiger partial charge on any atom is -0.395 e. The molecule has 0 spiro atoms. The van der Waals surface area contributed by atoms with Gasteiger partial charge in [0.1, 0.15) is 12.4 Å². The standard InChI is InChI=1S/C12H16F4N2O/c1-8(17)9-2-3-11(10(13)6-9)18(4-5-19)7-12(14,15)16/h2-3,6,8,19H,4-5,7,17H2,1H3/t8-/m0/s1. The lowest BCUT2D eigenvalue weighted by atomic mass is 10.1. The number of nitrogens with two attached hydrogens (primary N) is 1. The van der Waals surface area contributed by atoms with Crippen molar-refractivity contribution in [2.75, 3.05) is 24.6 Å². The number of aliphatic hydroxyl groups is 1. The monoisotopic (exact) mass is 280 g/mol. The molecule has 0 aliphatic carbocycles. The van der Waals surface area contributed by atoms with Gasteiger partial charge in [0.15, 0.2) is 0 Å². The number of rotatable bonds is 5. The number of benzene rings is 1. The minimum atomic E-state index is -4.47. The van der Waals surface area contributed by atoms with Crippen LogP contribution in [0, 0.1) is 5.82 Å².